The first-order valence-electron chi connectivity index (χ1n) is 7.40. The number of aromatic nitrogens is 2. The van der Waals surface area contributed by atoms with Crippen LogP contribution in [0.4, 0.5) is 0 Å². The Bertz CT molecular complexity index is 915. The Morgan fingerprint density at radius 1 is 1.43 bits per heavy atom. The molecular formula is C17H16BrN3OS. The smallest absolute Gasteiger partial charge is 0.267 e. The zero-order valence-corrected chi connectivity index (χ0v) is 15.3. The summed E-state index contributed by atoms with van der Waals surface area (Å²) in [4.78, 5) is 18.6. The summed E-state index contributed by atoms with van der Waals surface area (Å²) in [6.45, 7) is 4.14. The van der Waals surface area contributed by atoms with Gasteiger partial charge in [-0.2, -0.15) is 9.78 Å². The first-order valence-corrected chi connectivity index (χ1v) is 9.07. The Balaban J connectivity index is 2.23. The first kappa shape index (κ1) is 16.1. The van der Waals surface area contributed by atoms with E-state index in [0.29, 0.717) is 16.7 Å². The second kappa shape index (κ2) is 6.76. The lowest BCUT2D eigenvalue weighted by Gasteiger charge is -2.13. The normalized spacial score (nSPS) is 13.0. The van der Waals surface area contributed by atoms with Crippen molar-refractivity contribution in [2.75, 3.05) is 0 Å². The summed E-state index contributed by atoms with van der Waals surface area (Å²) < 4.78 is 2.29. The molecule has 0 N–H and O–H groups in total. The number of halogens is 1. The maximum absolute atomic E-state index is 12.9. The van der Waals surface area contributed by atoms with Gasteiger partial charge in [-0.05, 0) is 36.1 Å². The summed E-state index contributed by atoms with van der Waals surface area (Å²) in [5, 5.41) is 6.95. The second-order valence-electron chi connectivity index (χ2n) is 5.32. The minimum atomic E-state index is -0.139. The third kappa shape index (κ3) is 3.28. The highest BCUT2D eigenvalue weighted by molar-refractivity contribution is 9.10. The average molecular weight is 390 g/mol. The van der Waals surface area contributed by atoms with Gasteiger partial charge in [-0.25, -0.2) is 4.98 Å². The van der Waals surface area contributed by atoms with E-state index in [4.69, 9.17) is 0 Å². The zero-order valence-electron chi connectivity index (χ0n) is 12.9. The van der Waals surface area contributed by atoms with Crippen LogP contribution in [0.15, 0.2) is 50.1 Å². The third-order valence-electron chi connectivity index (χ3n) is 3.73. The molecule has 0 saturated carbocycles. The van der Waals surface area contributed by atoms with E-state index in [-0.39, 0.29) is 11.5 Å². The van der Waals surface area contributed by atoms with Gasteiger partial charge >= 0.3 is 0 Å². The molecule has 1 aromatic carbocycles. The largest absolute Gasteiger partial charge is 0.282 e. The van der Waals surface area contributed by atoms with Gasteiger partial charge in [0.2, 0.25) is 0 Å². The molecule has 3 rings (SSSR count). The Morgan fingerprint density at radius 2 is 2.26 bits per heavy atom. The minimum absolute atomic E-state index is 0.139. The maximum Gasteiger partial charge on any atom is 0.282 e. The quantitative estimate of drug-likeness (QED) is 0.611. The number of rotatable bonds is 4. The minimum Gasteiger partial charge on any atom is -0.267 e. The van der Waals surface area contributed by atoms with Gasteiger partial charge < -0.3 is 0 Å². The lowest BCUT2D eigenvalue weighted by Crippen LogP contribution is -2.23. The van der Waals surface area contributed by atoms with E-state index < -0.39 is 0 Å². The summed E-state index contributed by atoms with van der Waals surface area (Å²) in [5.74, 6) is 0.844. The van der Waals surface area contributed by atoms with Crippen LogP contribution >= 0.6 is 27.3 Å². The van der Waals surface area contributed by atoms with E-state index in [9.17, 15) is 4.79 Å². The zero-order chi connectivity index (χ0) is 16.4. The van der Waals surface area contributed by atoms with Crippen LogP contribution in [0.3, 0.4) is 0 Å². The predicted octanol–water partition coefficient (Wildman–Crippen LogP) is 4.62. The summed E-state index contributed by atoms with van der Waals surface area (Å²) in [7, 11) is 0. The molecule has 2 aromatic heterocycles. The van der Waals surface area contributed by atoms with Gasteiger partial charge in [-0.3, -0.25) is 4.79 Å². The monoisotopic (exact) mass is 389 g/mol. The second-order valence-corrected chi connectivity index (χ2v) is 7.21. The predicted molar refractivity (Wildman–Crippen MR) is 99.7 cm³/mol. The van der Waals surface area contributed by atoms with Crippen LogP contribution in [0.1, 0.15) is 36.9 Å². The van der Waals surface area contributed by atoms with Crippen molar-refractivity contribution in [3.63, 3.8) is 0 Å². The molecule has 0 aliphatic rings. The summed E-state index contributed by atoms with van der Waals surface area (Å²) in [5.41, 5.74) is 0.565. The molecule has 23 heavy (non-hydrogen) atoms. The van der Waals surface area contributed by atoms with E-state index in [2.05, 4.69) is 39.9 Å². The van der Waals surface area contributed by atoms with Crippen LogP contribution < -0.4 is 5.56 Å². The highest BCUT2D eigenvalue weighted by atomic mass is 79.9. The molecule has 6 heteroatoms. The van der Waals surface area contributed by atoms with E-state index in [1.807, 2.05) is 29.6 Å². The van der Waals surface area contributed by atoms with Crippen molar-refractivity contribution in [3.05, 3.63) is 61.2 Å². The van der Waals surface area contributed by atoms with E-state index >= 15 is 0 Å². The molecular weight excluding hydrogens is 374 g/mol. The molecule has 0 aliphatic heterocycles. The van der Waals surface area contributed by atoms with Crippen LogP contribution in [0.5, 0.6) is 0 Å². The van der Waals surface area contributed by atoms with Crippen molar-refractivity contribution in [1.82, 2.24) is 9.66 Å². The van der Waals surface area contributed by atoms with Gasteiger partial charge in [-0.1, -0.05) is 35.8 Å². The van der Waals surface area contributed by atoms with Crippen molar-refractivity contribution in [2.45, 2.75) is 26.2 Å². The van der Waals surface area contributed by atoms with E-state index in [0.717, 1.165) is 15.8 Å². The molecule has 2 heterocycles. The van der Waals surface area contributed by atoms with Crippen molar-refractivity contribution < 1.29 is 0 Å². The fourth-order valence-electron chi connectivity index (χ4n) is 2.26. The highest BCUT2D eigenvalue weighted by Crippen LogP contribution is 2.20. The Labute approximate surface area is 146 Å². The molecule has 0 aliphatic carbocycles. The lowest BCUT2D eigenvalue weighted by molar-refractivity contribution is 0.613. The summed E-state index contributed by atoms with van der Waals surface area (Å²) >= 11 is 4.99. The third-order valence-corrected chi connectivity index (χ3v) is 5.03. The molecule has 0 amide bonds. The van der Waals surface area contributed by atoms with Gasteiger partial charge in [0, 0.05) is 15.3 Å². The van der Waals surface area contributed by atoms with Crippen LogP contribution in [0, 0.1) is 0 Å². The van der Waals surface area contributed by atoms with Crippen LogP contribution in [-0.4, -0.2) is 15.9 Å². The lowest BCUT2D eigenvalue weighted by atomic mass is 10.1. The number of benzene rings is 1. The molecule has 4 nitrogen and oxygen atoms in total. The van der Waals surface area contributed by atoms with Gasteiger partial charge in [0.05, 0.1) is 17.1 Å². The van der Waals surface area contributed by atoms with Crippen LogP contribution in [0.25, 0.3) is 10.9 Å². The van der Waals surface area contributed by atoms with Gasteiger partial charge in [0.15, 0.2) is 0 Å². The van der Waals surface area contributed by atoms with E-state index in [1.165, 1.54) is 4.68 Å². The standard InChI is InChI=1S/C17H16BrN3OS/c1-3-11(2)16-20-15-7-6-12(18)9-14(15)17(22)21(16)19-10-13-5-4-8-23-13/h4-11H,3H2,1-2H3/t11-/m1/s1. The first-order chi connectivity index (χ1) is 11.1. The highest BCUT2D eigenvalue weighted by Gasteiger charge is 2.15. The summed E-state index contributed by atoms with van der Waals surface area (Å²) in [6, 6.07) is 9.48. The number of fused-ring (bicyclic) bond motifs is 1. The number of nitrogens with zero attached hydrogens (tertiary/aromatic N) is 3. The molecule has 3 aromatic rings. The molecule has 0 unspecified atom stereocenters. The molecule has 0 bridgehead atoms. The summed E-state index contributed by atoms with van der Waals surface area (Å²) in [6.07, 6.45) is 2.60. The number of thiophene rings is 1. The van der Waals surface area contributed by atoms with E-state index in [1.54, 1.807) is 23.6 Å². The average Bonchev–Trinajstić information content (AvgIpc) is 3.07. The van der Waals surface area contributed by atoms with Crippen LogP contribution in [-0.2, 0) is 0 Å². The molecule has 1 atom stereocenters. The topological polar surface area (TPSA) is 47.2 Å². The van der Waals surface area contributed by atoms with Crippen molar-refractivity contribution in [1.29, 1.82) is 0 Å². The van der Waals surface area contributed by atoms with Crippen molar-refractivity contribution >= 4 is 44.4 Å². The molecule has 0 fully saturated rings. The van der Waals surface area contributed by atoms with Crippen molar-refractivity contribution in [2.24, 2.45) is 5.10 Å². The number of hydrogen-bond acceptors (Lipinski definition) is 4. The maximum atomic E-state index is 12.9. The van der Waals surface area contributed by atoms with Crippen molar-refractivity contribution in [3.8, 4) is 0 Å². The van der Waals surface area contributed by atoms with Gasteiger partial charge in [0.1, 0.15) is 5.82 Å². The van der Waals surface area contributed by atoms with Gasteiger partial charge in [0.25, 0.3) is 5.56 Å². The molecule has 0 radical (unpaired) electrons. The Morgan fingerprint density at radius 3 is 2.96 bits per heavy atom. The Kier molecular flexibility index (Phi) is 4.73. The molecule has 118 valence electrons. The SMILES string of the molecule is CC[C@@H](C)c1nc2ccc(Br)cc2c(=O)n1N=Cc1cccs1. The fraction of sp³-hybridized carbons (Fsp3) is 0.235. The fourth-order valence-corrected chi connectivity index (χ4v) is 3.20. The van der Waals surface area contributed by atoms with Gasteiger partial charge in [-0.15, -0.1) is 11.3 Å². The van der Waals surface area contributed by atoms with Crippen LogP contribution in [0.2, 0.25) is 0 Å². The molecule has 0 spiro atoms. The number of hydrogen-bond donors (Lipinski definition) is 0. The Hall–Kier alpha value is -1.79. The molecule has 0 saturated heterocycles.